The van der Waals surface area contributed by atoms with Crippen molar-refractivity contribution < 1.29 is 23.1 Å². The minimum absolute atomic E-state index is 0.0531. The number of aliphatic carboxylic acids is 1. The molecule has 2 N–H and O–H groups in total. The lowest BCUT2D eigenvalue weighted by Crippen LogP contribution is -2.36. The summed E-state index contributed by atoms with van der Waals surface area (Å²) in [4.78, 5) is 10.9. The molecule has 0 amide bonds. The largest absolute Gasteiger partial charge is 0.480 e. The van der Waals surface area contributed by atoms with E-state index >= 15 is 0 Å². The molecule has 1 rings (SSSR count). The summed E-state index contributed by atoms with van der Waals surface area (Å²) in [6.07, 6.45) is -3.41. The summed E-state index contributed by atoms with van der Waals surface area (Å²) in [5, 5.41) is 11.6. The summed E-state index contributed by atoms with van der Waals surface area (Å²) >= 11 is 0. The second-order valence-electron chi connectivity index (χ2n) is 4.22. The molecular formula is C13H16F3NO2. The number of carboxylic acid groups (broad SMARTS) is 1. The Morgan fingerprint density at radius 2 is 2.00 bits per heavy atom. The molecule has 1 aromatic rings. The first-order valence-electron chi connectivity index (χ1n) is 5.97. The topological polar surface area (TPSA) is 49.3 Å². The minimum atomic E-state index is -4.43. The molecule has 106 valence electrons. The summed E-state index contributed by atoms with van der Waals surface area (Å²) in [7, 11) is 0. The van der Waals surface area contributed by atoms with E-state index in [2.05, 4.69) is 5.32 Å². The zero-order chi connectivity index (χ0) is 14.5. The molecular weight excluding hydrogens is 259 g/mol. The van der Waals surface area contributed by atoms with Gasteiger partial charge in [-0.25, -0.2) is 0 Å². The lowest BCUT2D eigenvalue weighted by molar-refractivity contribution is -0.139. The number of benzene rings is 1. The van der Waals surface area contributed by atoms with Crippen molar-refractivity contribution in [3.63, 3.8) is 0 Å². The number of alkyl halides is 3. The summed E-state index contributed by atoms with van der Waals surface area (Å²) in [6, 6.07) is 4.33. The van der Waals surface area contributed by atoms with Crippen molar-refractivity contribution >= 4 is 5.97 Å². The van der Waals surface area contributed by atoms with Crippen molar-refractivity contribution in [3.05, 3.63) is 35.4 Å². The SMILES string of the molecule is CCCC(NCc1ccccc1C(F)(F)F)C(=O)O. The van der Waals surface area contributed by atoms with Crippen LogP contribution in [0, 0.1) is 0 Å². The predicted octanol–water partition coefficient (Wildman–Crippen LogP) is 3.05. The molecule has 3 nitrogen and oxygen atoms in total. The van der Waals surface area contributed by atoms with Crippen molar-refractivity contribution in [3.8, 4) is 0 Å². The van der Waals surface area contributed by atoms with Gasteiger partial charge >= 0.3 is 12.1 Å². The number of hydrogen-bond acceptors (Lipinski definition) is 2. The molecule has 1 aromatic carbocycles. The summed E-state index contributed by atoms with van der Waals surface area (Å²) < 4.78 is 38.2. The Hall–Kier alpha value is -1.56. The van der Waals surface area contributed by atoms with Gasteiger partial charge in [0.1, 0.15) is 6.04 Å². The van der Waals surface area contributed by atoms with Gasteiger partial charge in [0, 0.05) is 6.54 Å². The fourth-order valence-electron chi connectivity index (χ4n) is 1.79. The normalized spacial score (nSPS) is 13.3. The van der Waals surface area contributed by atoms with Gasteiger partial charge < -0.3 is 10.4 Å². The highest BCUT2D eigenvalue weighted by molar-refractivity contribution is 5.73. The maximum absolute atomic E-state index is 12.7. The fourth-order valence-corrected chi connectivity index (χ4v) is 1.79. The van der Waals surface area contributed by atoms with Crippen LogP contribution < -0.4 is 5.32 Å². The van der Waals surface area contributed by atoms with Crippen LogP contribution in [0.2, 0.25) is 0 Å². The van der Waals surface area contributed by atoms with Gasteiger partial charge in [-0.05, 0) is 18.1 Å². The van der Waals surface area contributed by atoms with Crippen LogP contribution in [-0.4, -0.2) is 17.1 Å². The zero-order valence-electron chi connectivity index (χ0n) is 10.5. The third kappa shape index (κ3) is 4.55. The standard InChI is InChI=1S/C13H16F3NO2/c1-2-5-11(12(18)19)17-8-9-6-3-4-7-10(9)13(14,15)16/h3-4,6-7,11,17H,2,5,8H2,1H3,(H,18,19). The van der Waals surface area contributed by atoms with Crippen LogP contribution in [0.1, 0.15) is 30.9 Å². The van der Waals surface area contributed by atoms with Gasteiger partial charge in [0.25, 0.3) is 0 Å². The van der Waals surface area contributed by atoms with E-state index in [1.54, 1.807) is 0 Å². The third-order valence-electron chi connectivity index (χ3n) is 2.74. The predicted molar refractivity (Wildman–Crippen MR) is 64.6 cm³/mol. The number of carbonyl (C=O) groups is 1. The second kappa shape index (κ2) is 6.56. The van der Waals surface area contributed by atoms with Crippen LogP contribution in [0.3, 0.4) is 0 Å². The molecule has 0 radical (unpaired) electrons. The number of rotatable bonds is 6. The summed E-state index contributed by atoms with van der Waals surface area (Å²) in [5.74, 6) is -1.05. The summed E-state index contributed by atoms with van der Waals surface area (Å²) in [5.41, 5.74) is -0.680. The van der Waals surface area contributed by atoms with E-state index in [0.29, 0.717) is 12.8 Å². The number of hydrogen-bond donors (Lipinski definition) is 2. The molecule has 0 saturated heterocycles. The van der Waals surface area contributed by atoms with Gasteiger partial charge in [-0.3, -0.25) is 4.79 Å². The van der Waals surface area contributed by atoms with Gasteiger partial charge in [-0.15, -0.1) is 0 Å². The Morgan fingerprint density at radius 3 is 2.53 bits per heavy atom. The van der Waals surface area contributed by atoms with Crippen molar-refractivity contribution in [2.45, 2.75) is 38.5 Å². The van der Waals surface area contributed by atoms with E-state index < -0.39 is 23.8 Å². The highest BCUT2D eigenvalue weighted by atomic mass is 19.4. The second-order valence-corrected chi connectivity index (χ2v) is 4.22. The molecule has 0 bridgehead atoms. The van der Waals surface area contributed by atoms with E-state index in [-0.39, 0.29) is 12.1 Å². The molecule has 6 heteroatoms. The van der Waals surface area contributed by atoms with Crippen LogP contribution in [0.4, 0.5) is 13.2 Å². The molecule has 0 fully saturated rings. The first-order chi connectivity index (χ1) is 8.86. The number of halogens is 3. The fraction of sp³-hybridized carbons (Fsp3) is 0.462. The van der Waals surface area contributed by atoms with Gasteiger partial charge in [-0.1, -0.05) is 31.5 Å². The average molecular weight is 275 g/mol. The van der Waals surface area contributed by atoms with Gasteiger partial charge in [0.05, 0.1) is 5.56 Å². The molecule has 0 aliphatic rings. The molecule has 0 aliphatic carbocycles. The van der Waals surface area contributed by atoms with Crippen LogP contribution >= 0.6 is 0 Å². The van der Waals surface area contributed by atoms with Crippen LogP contribution in [-0.2, 0) is 17.5 Å². The van der Waals surface area contributed by atoms with Crippen molar-refractivity contribution in [1.29, 1.82) is 0 Å². The quantitative estimate of drug-likeness (QED) is 0.839. The van der Waals surface area contributed by atoms with Crippen molar-refractivity contribution in [2.75, 3.05) is 0 Å². The van der Waals surface area contributed by atoms with Crippen LogP contribution in [0.25, 0.3) is 0 Å². The zero-order valence-corrected chi connectivity index (χ0v) is 10.5. The smallest absolute Gasteiger partial charge is 0.416 e. The Morgan fingerprint density at radius 1 is 1.37 bits per heavy atom. The van der Waals surface area contributed by atoms with Gasteiger partial charge in [0.2, 0.25) is 0 Å². The lowest BCUT2D eigenvalue weighted by atomic mass is 10.1. The maximum atomic E-state index is 12.7. The molecule has 1 atom stereocenters. The van der Waals surface area contributed by atoms with Gasteiger partial charge in [0.15, 0.2) is 0 Å². The Bertz CT molecular complexity index is 432. The molecule has 0 heterocycles. The molecule has 0 aliphatic heterocycles. The molecule has 0 spiro atoms. The Labute approximate surface area is 109 Å². The average Bonchev–Trinajstić information content (AvgIpc) is 2.33. The molecule has 0 saturated carbocycles. The number of nitrogens with one attached hydrogen (secondary N) is 1. The van der Waals surface area contributed by atoms with Crippen LogP contribution in [0.5, 0.6) is 0 Å². The maximum Gasteiger partial charge on any atom is 0.416 e. The molecule has 0 aromatic heterocycles. The van der Waals surface area contributed by atoms with E-state index in [1.807, 2.05) is 6.92 Å². The Balaban J connectivity index is 2.80. The molecule has 1 unspecified atom stereocenters. The third-order valence-corrected chi connectivity index (χ3v) is 2.74. The highest BCUT2D eigenvalue weighted by Gasteiger charge is 2.32. The Kier molecular flexibility index (Phi) is 5.35. The number of carboxylic acids is 1. The monoisotopic (exact) mass is 275 g/mol. The summed E-state index contributed by atoms with van der Waals surface area (Å²) in [6.45, 7) is 1.70. The van der Waals surface area contributed by atoms with E-state index in [0.717, 1.165) is 6.07 Å². The minimum Gasteiger partial charge on any atom is -0.480 e. The highest BCUT2D eigenvalue weighted by Crippen LogP contribution is 2.31. The first kappa shape index (κ1) is 15.5. The van der Waals surface area contributed by atoms with Crippen molar-refractivity contribution in [2.24, 2.45) is 0 Å². The van der Waals surface area contributed by atoms with Gasteiger partial charge in [-0.2, -0.15) is 13.2 Å². The van der Waals surface area contributed by atoms with E-state index in [9.17, 15) is 18.0 Å². The van der Waals surface area contributed by atoms with Crippen molar-refractivity contribution in [1.82, 2.24) is 5.32 Å². The lowest BCUT2D eigenvalue weighted by Gasteiger charge is -2.16. The molecule has 19 heavy (non-hydrogen) atoms. The van der Waals surface area contributed by atoms with E-state index in [1.165, 1.54) is 18.2 Å². The van der Waals surface area contributed by atoms with E-state index in [4.69, 9.17) is 5.11 Å². The van der Waals surface area contributed by atoms with Crippen LogP contribution in [0.15, 0.2) is 24.3 Å². The first-order valence-corrected chi connectivity index (χ1v) is 5.97.